The summed E-state index contributed by atoms with van der Waals surface area (Å²) in [5, 5.41) is 8.79. The highest BCUT2D eigenvalue weighted by Crippen LogP contribution is 2.25. The minimum Gasteiger partial charge on any atom is -0.491 e. The predicted molar refractivity (Wildman–Crippen MR) is 76.3 cm³/mol. The van der Waals surface area contributed by atoms with Crippen LogP contribution >= 0.6 is 0 Å². The maximum Gasteiger partial charge on any atom is 0.335 e. The molecule has 1 fully saturated rings. The van der Waals surface area contributed by atoms with Gasteiger partial charge in [0.2, 0.25) is 0 Å². The molecule has 1 aromatic carbocycles. The van der Waals surface area contributed by atoms with E-state index in [1.165, 1.54) is 12.8 Å². The zero-order valence-electron chi connectivity index (χ0n) is 11.9. The van der Waals surface area contributed by atoms with E-state index in [-0.39, 0.29) is 5.56 Å². The van der Waals surface area contributed by atoms with Gasteiger partial charge in [0, 0.05) is 0 Å². The van der Waals surface area contributed by atoms with E-state index >= 15 is 0 Å². The molecular formula is C16H22O4. The second-order valence-corrected chi connectivity index (χ2v) is 5.44. The highest BCUT2D eigenvalue weighted by Gasteiger charge is 2.18. The minimum atomic E-state index is -0.925. The first kappa shape index (κ1) is 14.9. The second-order valence-electron chi connectivity index (χ2n) is 5.44. The van der Waals surface area contributed by atoms with Crippen molar-refractivity contribution in [2.45, 2.75) is 38.7 Å². The lowest BCUT2D eigenvalue weighted by Gasteiger charge is -2.26. The number of benzene rings is 1. The Labute approximate surface area is 119 Å². The third-order valence-electron chi connectivity index (χ3n) is 3.70. The molecule has 0 aliphatic heterocycles. The van der Waals surface area contributed by atoms with E-state index in [4.69, 9.17) is 14.6 Å². The van der Waals surface area contributed by atoms with Crippen LogP contribution in [-0.2, 0) is 4.74 Å². The number of aromatic carboxylic acids is 1. The topological polar surface area (TPSA) is 55.8 Å². The summed E-state index contributed by atoms with van der Waals surface area (Å²) in [7, 11) is 0. The molecule has 0 radical (unpaired) electrons. The van der Waals surface area contributed by atoms with Crippen molar-refractivity contribution in [3.63, 3.8) is 0 Å². The van der Waals surface area contributed by atoms with Crippen LogP contribution in [0.15, 0.2) is 24.3 Å². The van der Waals surface area contributed by atoms with Crippen LogP contribution in [0.5, 0.6) is 5.75 Å². The number of hydrogen-bond acceptors (Lipinski definition) is 3. The molecule has 1 N–H and O–H groups in total. The van der Waals surface area contributed by atoms with Gasteiger partial charge in [-0.15, -0.1) is 0 Å². The van der Waals surface area contributed by atoms with Crippen molar-refractivity contribution in [3.8, 4) is 5.75 Å². The Hall–Kier alpha value is -1.55. The van der Waals surface area contributed by atoms with Crippen LogP contribution < -0.4 is 4.74 Å². The van der Waals surface area contributed by atoms with Gasteiger partial charge in [-0.3, -0.25) is 0 Å². The number of carboxylic acid groups (broad SMARTS) is 1. The van der Waals surface area contributed by atoms with Crippen LogP contribution in [0.1, 0.15) is 43.0 Å². The summed E-state index contributed by atoms with van der Waals surface area (Å²) >= 11 is 0. The van der Waals surface area contributed by atoms with Gasteiger partial charge in [0.15, 0.2) is 0 Å². The predicted octanol–water partition coefficient (Wildman–Crippen LogP) is 3.36. The second kappa shape index (κ2) is 7.29. The zero-order valence-corrected chi connectivity index (χ0v) is 11.9. The van der Waals surface area contributed by atoms with E-state index in [2.05, 4.69) is 6.92 Å². The molecule has 1 aliphatic carbocycles. The first-order chi connectivity index (χ1) is 9.65. The van der Waals surface area contributed by atoms with Crippen LogP contribution in [0.4, 0.5) is 0 Å². The van der Waals surface area contributed by atoms with E-state index in [0.29, 0.717) is 25.1 Å². The molecule has 2 rings (SSSR count). The van der Waals surface area contributed by atoms with E-state index in [1.807, 2.05) is 0 Å². The monoisotopic (exact) mass is 278 g/mol. The maximum absolute atomic E-state index is 10.7. The quantitative estimate of drug-likeness (QED) is 0.811. The Morgan fingerprint density at radius 2 is 2.00 bits per heavy atom. The standard InChI is InChI=1S/C16H22O4/c1-12-3-2-4-15(11-12)20-10-9-19-14-7-5-13(6-8-14)16(17)18/h5-8,12,15H,2-4,9-11H2,1H3,(H,17,18). The number of carbonyl (C=O) groups is 1. The molecular weight excluding hydrogens is 256 g/mol. The molecule has 1 aliphatic rings. The van der Waals surface area contributed by atoms with Gasteiger partial charge in [0.1, 0.15) is 12.4 Å². The molecule has 0 amide bonds. The van der Waals surface area contributed by atoms with Crippen LogP contribution in [-0.4, -0.2) is 30.4 Å². The Bertz CT molecular complexity index is 427. The highest BCUT2D eigenvalue weighted by molar-refractivity contribution is 5.87. The average Bonchev–Trinajstić information content (AvgIpc) is 2.44. The Balaban J connectivity index is 1.66. The van der Waals surface area contributed by atoms with Gasteiger partial charge in [0.25, 0.3) is 0 Å². The molecule has 20 heavy (non-hydrogen) atoms. The summed E-state index contributed by atoms with van der Waals surface area (Å²) in [6, 6.07) is 6.43. The maximum atomic E-state index is 10.7. The average molecular weight is 278 g/mol. The third-order valence-corrected chi connectivity index (χ3v) is 3.70. The first-order valence-electron chi connectivity index (χ1n) is 7.23. The largest absolute Gasteiger partial charge is 0.491 e. The summed E-state index contributed by atoms with van der Waals surface area (Å²) < 4.78 is 11.4. The number of hydrogen-bond donors (Lipinski definition) is 1. The van der Waals surface area contributed by atoms with Crippen molar-refractivity contribution in [2.75, 3.05) is 13.2 Å². The molecule has 0 heterocycles. The summed E-state index contributed by atoms with van der Waals surface area (Å²) in [5.74, 6) is 0.514. The molecule has 0 bridgehead atoms. The number of ether oxygens (including phenoxy) is 2. The molecule has 0 aromatic heterocycles. The van der Waals surface area contributed by atoms with Crippen LogP contribution in [0.2, 0.25) is 0 Å². The lowest BCUT2D eigenvalue weighted by atomic mass is 9.89. The number of rotatable bonds is 6. The fourth-order valence-corrected chi connectivity index (χ4v) is 2.60. The van der Waals surface area contributed by atoms with Gasteiger partial charge >= 0.3 is 5.97 Å². The lowest BCUT2D eigenvalue weighted by molar-refractivity contribution is 0.00196. The molecule has 0 spiro atoms. The first-order valence-corrected chi connectivity index (χ1v) is 7.23. The van der Waals surface area contributed by atoms with E-state index in [1.54, 1.807) is 24.3 Å². The molecule has 1 saturated carbocycles. The van der Waals surface area contributed by atoms with Gasteiger partial charge in [-0.2, -0.15) is 0 Å². The molecule has 2 unspecified atom stereocenters. The van der Waals surface area contributed by atoms with E-state index in [0.717, 1.165) is 18.8 Å². The number of carboxylic acids is 1. The van der Waals surface area contributed by atoms with Crippen LogP contribution in [0, 0.1) is 5.92 Å². The van der Waals surface area contributed by atoms with Gasteiger partial charge in [-0.25, -0.2) is 4.79 Å². The Morgan fingerprint density at radius 3 is 2.65 bits per heavy atom. The summed E-state index contributed by atoms with van der Waals surface area (Å²) in [5.41, 5.74) is 0.268. The summed E-state index contributed by atoms with van der Waals surface area (Å²) in [6.07, 6.45) is 5.23. The molecule has 110 valence electrons. The zero-order chi connectivity index (χ0) is 14.4. The molecule has 4 nitrogen and oxygen atoms in total. The lowest BCUT2D eigenvalue weighted by Crippen LogP contribution is -2.23. The smallest absolute Gasteiger partial charge is 0.335 e. The normalized spacial score (nSPS) is 22.4. The molecule has 1 aromatic rings. The Morgan fingerprint density at radius 1 is 1.25 bits per heavy atom. The minimum absolute atomic E-state index is 0.268. The highest BCUT2D eigenvalue weighted by atomic mass is 16.5. The summed E-state index contributed by atoms with van der Waals surface area (Å²) in [6.45, 7) is 3.35. The van der Waals surface area contributed by atoms with Gasteiger partial charge in [-0.1, -0.05) is 19.8 Å². The molecule has 0 saturated heterocycles. The van der Waals surface area contributed by atoms with Gasteiger partial charge < -0.3 is 14.6 Å². The summed E-state index contributed by atoms with van der Waals surface area (Å²) in [4.78, 5) is 10.7. The SMILES string of the molecule is CC1CCCC(OCCOc2ccc(C(=O)O)cc2)C1. The van der Waals surface area contributed by atoms with Gasteiger partial charge in [-0.05, 0) is 43.0 Å². The van der Waals surface area contributed by atoms with Crippen molar-refractivity contribution in [1.82, 2.24) is 0 Å². The molecule has 2 atom stereocenters. The van der Waals surface area contributed by atoms with Crippen molar-refractivity contribution in [1.29, 1.82) is 0 Å². The Kier molecular flexibility index (Phi) is 5.41. The van der Waals surface area contributed by atoms with Crippen molar-refractivity contribution < 1.29 is 19.4 Å². The van der Waals surface area contributed by atoms with Crippen LogP contribution in [0.3, 0.4) is 0 Å². The van der Waals surface area contributed by atoms with Crippen molar-refractivity contribution in [2.24, 2.45) is 5.92 Å². The van der Waals surface area contributed by atoms with Crippen molar-refractivity contribution in [3.05, 3.63) is 29.8 Å². The van der Waals surface area contributed by atoms with Crippen molar-refractivity contribution >= 4 is 5.97 Å². The third kappa shape index (κ3) is 4.53. The fourth-order valence-electron chi connectivity index (χ4n) is 2.60. The van der Waals surface area contributed by atoms with Gasteiger partial charge in [0.05, 0.1) is 18.3 Å². The van der Waals surface area contributed by atoms with Crippen LogP contribution in [0.25, 0.3) is 0 Å². The van der Waals surface area contributed by atoms with E-state index in [9.17, 15) is 4.79 Å². The molecule has 4 heteroatoms. The van der Waals surface area contributed by atoms with E-state index < -0.39 is 5.97 Å². The fraction of sp³-hybridized carbons (Fsp3) is 0.562.